The second kappa shape index (κ2) is 6.40. The van der Waals surface area contributed by atoms with E-state index in [2.05, 4.69) is 10.4 Å². The summed E-state index contributed by atoms with van der Waals surface area (Å²) in [6.45, 7) is 3.89. The van der Waals surface area contributed by atoms with Gasteiger partial charge in [-0.1, -0.05) is 0 Å². The lowest BCUT2D eigenvalue weighted by molar-refractivity contribution is -0.138. The first kappa shape index (κ1) is 14.4. The highest BCUT2D eigenvalue weighted by Crippen LogP contribution is 2.20. The molecule has 0 aromatic carbocycles. The average molecular weight is 280 g/mol. The van der Waals surface area contributed by atoms with Crippen LogP contribution in [0.4, 0.5) is 10.5 Å². The summed E-state index contributed by atoms with van der Waals surface area (Å²) in [5.41, 5.74) is 0.664. The molecule has 2 heterocycles. The quantitative estimate of drug-likeness (QED) is 0.877. The topological polar surface area (TPSA) is 87.5 Å². The maximum atomic E-state index is 12.1. The van der Waals surface area contributed by atoms with Crippen LogP contribution in [-0.2, 0) is 11.3 Å². The molecule has 0 radical (unpaired) electrons. The Morgan fingerprint density at radius 2 is 2.35 bits per heavy atom. The molecule has 7 heteroatoms. The molecule has 0 aliphatic carbocycles. The molecular weight excluding hydrogens is 260 g/mol. The number of carbonyl (C=O) groups excluding carboxylic acids is 1. The monoisotopic (exact) mass is 280 g/mol. The number of urea groups is 1. The number of aliphatic carboxylic acids is 1. The zero-order chi connectivity index (χ0) is 14.5. The lowest BCUT2D eigenvalue weighted by atomic mass is 9.95. The predicted octanol–water partition coefficient (Wildman–Crippen LogP) is 1.62. The number of hydrogen-bond acceptors (Lipinski definition) is 3. The summed E-state index contributed by atoms with van der Waals surface area (Å²) in [7, 11) is 0. The highest BCUT2D eigenvalue weighted by molar-refractivity contribution is 5.89. The third-order valence-corrected chi connectivity index (χ3v) is 3.48. The van der Waals surface area contributed by atoms with E-state index < -0.39 is 5.97 Å². The Labute approximate surface area is 117 Å². The molecule has 0 bridgehead atoms. The lowest BCUT2D eigenvalue weighted by Crippen LogP contribution is -2.42. The molecule has 110 valence electrons. The van der Waals surface area contributed by atoms with Crippen LogP contribution in [0.5, 0.6) is 0 Å². The SMILES string of the molecule is CCn1cc(NC(=O)N2CCCC(CC(=O)O)C2)cn1. The smallest absolute Gasteiger partial charge is 0.321 e. The second-order valence-corrected chi connectivity index (χ2v) is 5.07. The third-order valence-electron chi connectivity index (χ3n) is 3.48. The van der Waals surface area contributed by atoms with E-state index in [0.29, 0.717) is 18.8 Å². The van der Waals surface area contributed by atoms with Crippen LogP contribution in [0.25, 0.3) is 0 Å². The van der Waals surface area contributed by atoms with Gasteiger partial charge in [0.1, 0.15) is 0 Å². The Balaban J connectivity index is 1.89. The molecule has 1 saturated heterocycles. The van der Waals surface area contributed by atoms with Crippen molar-refractivity contribution in [2.45, 2.75) is 32.7 Å². The molecule has 7 nitrogen and oxygen atoms in total. The number of likely N-dealkylation sites (tertiary alicyclic amines) is 1. The second-order valence-electron chi connectivity index (χ2n) is 5.07. The summed E-state index contributed by atoms with van der Waals surface area (Å²) >= 11 is 0. The predicted molar refractivity (Wildman–Crippen MR) is 73.5 cm³/mol. The van der Waals surface area contributed by atoms with Crippen LogP contribution in [-0.4, -0.2) is 44.9 Å². The van der Waals surface area contributed by atoms with E-state index in [1.807, 2.05) is 6.92 Å². The Morgan fingerprint density at radius 3 is 3.00 bits per heavy atom. The summed E-state index contributed by atoms with van der Waals surface area (Å²) in [6.07, 6.45) is 5.22. The van der Waals surface area contributed by atoms with Crippen molar-refractivity contribution in [2.75, 3.05) is 18.4 Å². The Kier molecular flexibility index (Phi) is 4.60. The maximum absolute atomic E-state index is 12.1. The van der Waals surface area contributed by atoms with Crippen molar-refractivity contribution < 1.29 is 14.7 Å². The van der Waals surface area contributed by atoms with Gasteiger partial charge in [0.05, 0.1) is 11.9 Å². The summed E-state index contributed by atoms with van der Waals surface area (Å²) in [5.74, 6) is -0.758. The Morgan fingerprint density at radius 1 is 1.55 bits per heavy atom. The molecule has 1 aliphatic rings. The Hall–Kier alpha value is -2.05. The van der Waals surface area contributed by atoms with Crippen LogP contribution in [0.1, 0.15) is 26.2 Å². The van der Waals surface area contributed by atoms with Crippen LogP contribution < -0.4 is 5.32 Å². The molecular formula is C13H20N4O3. The van der Waals surface area contributed by atoms with E-state index >= 15 is 0 Å². The van der Waals surface area contributed by atoms with Gasteiger partial charge in [-0.05, 0) is 25.7 Å². The van der Waals surface area contributed by atoms with E-state index in [-0.39, 0.29) is 18.4 Å². The first-order valence-corrected chi connectivity index (χ1v) is 6.88. The van der Waals surface area contributed by atoms with E-state index in [4.69, 9.17) is 5.11 Å². The minimum Gasteiger partial charge on any atom is -0.481 e. The number of amides is 2. The number of hydrogen-bond donors (Lipinski definition) is 2. The first-order valence-electron chi connectivity index (χ1n) is 6.88. The average Bonchev–Trinajstić information content (AvgIpc) is 2.86. The summed E-state index contributed by atoms with van der Waals surface area (Å²) in [6, 6.07) is -0.184. The molecule has 1 aromatic heterocycles. The first-order chi connectivity index (χ1) is 9.58. The number of aromatic nitrogens is 2. The van der Waals surface area contributed by atoms with Gasteiger partial charge < -0.3 is 15.3 Å². The molecule has 20 heavy (non-hydrogen) atoms. The van der Waals surface area contributed by atoms with Gasteiger partial charge in [0, 0.05) is 32.3 Å². The molecule has 1 fully saturated rings. The molecule has 0 spiro atoms. The number of carboxylic acids is 1. The molecule has 1 unspecified atom stereocenters. The van der Waals surface area contributed by atoms with Crippen LogP contribution >= 0.6 is 0 Å². The van der Waals surface area contributed by atoms with Gasteiger partial charge in [0.25, 0.3) is 0 Å². The van der Waals surface area contributed by atoms with Gasteiger partial charge in [-0.15, -0.1) is 0 Å². The number of nitrogens with one attached hydrogen (secondary N) is 1. The van der Waals surface area contributed by atoms with Crippen LogP contribution in [0.15, 0.2) is 12.4 Å². The molecule has 1 aromatic rings. The van der Waals surface area contributed by atoms with Gasteiger partial charge in [-0.2, -0.15) is 5.10 Å². The van der Waals surface area contributed by atoms with Crippen LogP contribution in [0, 0.1) is 5.92 Å². The van der Waals surface area contributed by atoms with Crippen LogP contribution in [0.2, 0.25) is 0 Å². The van der Waals surface area contributed by atoms with E-state index in [9.17, 15) is 9.59 Å². The normalized spacial score (nSPS) is 18.9. The Bertz CT molecular complexity index is 486. The molecule has 1 aliphatic heterocycles. The number of carbonyl (C=O) groups is 2. The van der Waals surface area contributed by atoms with Crippen molar-refractivity contribution >= 4 is 17.7 Å². The molecule has 1 atom stereocenters. The highest BCUT2D eigenvalue weighted by atomic mass is 16.4. The summed E-state index contributed by atoms with van der Waals surface area (Å²) in [5, 5.41) is 15.7. The molecule has 2 amide bonds. The molecule has 0 saturated carbocycles. The zero-order valence-electron chi connectivity index (χ0n) is 11.6. The van der Waals surface area contributed by atoms with Gasteiger partial charge in [-0.25, -0.2) is 4.79 Å². The van der Waals surface area contributed by atoms with Gasteiger partial charge in [-0.3, -0.25) is 9.48 Å². The van der Waals surface area contributed by atoms with E-state index in [1.54, 1.807) is 22.0 Å². The van der Waals surface area contributed by atoms with Gasteiger partial charge >= 0.3 is 12.0 Å². The number of piperidine rings is 1. The zero-order valence-corrected chi connectivity index (χ0v) is 11.6. The molecule has 2 rings (SSSR count). The van der Waals surface area contributed by atoms with Gasteiger partial charge in [0.2, 0.25) is 0 Å². The number of carboxylic acid groups (broad SMARTS) is 1. The largest absolute Gasteiger partial charge is 0.481 e. The molecule has 2 N–H and O–H groups in total. The number of nitrogens with zero attached hydrogens (tertiary/aromatic N) is 3. The minimum atomic E-state index is -0.804. The van der Waals surface area contributed by atoms with Crippen molar-refractivity contribution in [3.05, 3.63) is 12.4 Å². The van der Waals surface area contributed by atoms with Gasteiger partial charge in [0.15, 0.2) is 0 Å². The third kappa shape index (κ3) is 3.72. The van der Waals surface area contributed by atoms with Crippen molar-refractivity contribution in [3.63, 3.8) is 0 Å². The van der Waals surface area contributed by atoms with Crippen LogP contribution in [0.3, 0.4) is 0 Å². The van der Waals surface area contributed by atoms with Crippen molar-refractivity contribution in [1.82, 2.24) is 14.7 Å². The number of aryl methyl sites for hydroxylation is 1. The fourth-order valence-corrected chi connectivity index (χ4v) is 2.47. The fraction of sp³-hybridized carbons (Fsp3) is 0.615. The van der Waals surface area contributed by atoms with Crippen molar-refractivity contribution in [1.29, 1.82) is 0 Å². The van der Waals surface area contributed by atoms with E-state index in [1.165, 1.54) is 0 Å². The summed E-state index contributed by atoms with van der Waals surface area (Å²) in [4.78, 5) is 24.5. The maximum Gasteiger partial charge on any atom is 0.321 e. The fourth-order valence-electron chi connectivity index (χ4n) is 2.47. The van der Waals surface area contributed by atoms with Crippen molar-refractivity contribution in [2.24, 2.45) is 5.92 Å². The standard InChI is InChI=1S/C13H20N4O3/c1-2-17-9-11(7-14-17)15-13(20)16-5-3-4-10(8-16)6-12(18)19/h7,9-10H,2-6,8H2,1H3,(H,15,20)(H,18,19). The number of rotatable bonds is 4. The lowest BCUT2D eigenvalue weighted by Gasteiger charge is -2.31. The number of anilines is 1. The summed E-state index contributed by atoms with van der Waals surface area (Å²) < 4.78 is 1.74. The highest BCUT2D eigenvalue weighted by Gasteiger charge is 2.25. The van der Waals surface area contributed by atoms with E-state index in [0.717, 1.165) is 19.4 Å². The minimum absolute atomic E-state index is 0.0466. The van der Waals surface area contributed by atoms with Crippen molar-refractivity contribution in [3.8, 4) is 0 Å².